The smallest absolute Gasteiger partial charge is 0.0427 e. The zero-order valence-corrected chi connectivity index (χ0v) is 8.77. The summed E-state index contributed by atoms with van der Waals surface area (Å²) in [4.78, 5) is 6.45. The van der Waals surface area contributed by atoms with Crippen LogP contribution in [0, 0.1) is 12.8 Å². The molecule has 76 valence electrons. The minimum absolute atomic E-state index is 0.308. The Balaban J connectivity index is 2.21. The lowest BCUT2D eigenvalue weighted by molar-refractivity contribution is 0.566. The number of aryl methyl sites for hydroxylation is 1. The Labute approximate surface area is 84.9 Å². The van der Waals surface area contributed by atoms with Crippen molar-refractivity contribution in [1.82, 2.24) is 4.98 Å². The van der Waals surface area contributed by atoms with Gasteiger partial charge < -0.3 is 10.6 Å². The fourth-order valence-corrected chi connectivity index (χ4v) is 2.01. The van der Waals surface area contributed by atoms with Gasteiger partial charge in [-0.15, -0.1) is 0 Å². The van der Waals surface area contributed by atoms with Crippen LogP contribution in [0.5, 0.6) is 0 Å². The first-order valence-electron chi connectivity index (χ1n) is 5.09. The molecule has 0 saturated carbocycles. The molecule has 2 unspecified atom stereocenters. The molecule has 1 fully saturated rings. The molecular weight excluding hydrogens is 174 g/mol. The molecule has 14 heavy (non-hydrogen) atoms. The highest BCUT2D eigenvalue weighted by atomic mass is 15.2. The Kier molecular flexibility index (Phi) is 2.42. The first-order chi connectivity index (χ1) is 6.68. The normalized spacial score (nSPS) is 26.9. The molecule has 2 N–H and O–H groups in total. The Morgan fingerprint density at radius 1 is 1.50 bits per heavy atom. The fourth-order valence-electron chi connectivity index (χ4n) is 2.01. The zero-order chi connectivity index (χ0) is 10.1. The highest BCUT2D eigenvalue weighted by molar-refractivity contribution is 5.52. The van der Waals surface area contributed by atoms with Crippen LogP contribution >= 0.6 is 0 Å². The molecule has 1 saturated heterocycles. The molecule has 0 aliphatic carbocycles. The van der Waals surface area contributed by atoms with E-state index < -0.39 is 0 Å². The maximum Gasteiger partial charge on any atom is 0.0427 e. The molecule has 3 heteroatoms. The van der Waals surface area contributed by atoms with E-state index in [0.29, 0.717) is 12.0 Å². The Bertz CT molecular complexity index is 314. The van der Waals surface area contributed by atoms with Crippen LogP contribution < -0.4 is 10.6 Å². The molecular formula is C11H17N3. The highest BCUT2D eigenvalue weighted by Crippen LogP contribution is 2.24. The maximum absolute atomic E-state index is 6.00. The summed E-state index contributed by atoms with van der Waals surface area (Å²) in [6.45, 7) is 6.33. The minimum atomic E-state index is 0.308. The summed E-state index contributed by atoms with van der Waals surface area (Å²) < 4.78 is 0. The van der Waals surface area contributed by atoms with E-state index in [-0.39, 0.29) is 0 Å². The number of aromatic nitrogens is 1. The van der Waals surface area contributed by atoms with Crippen molar-refractivity contribution < 1.29 is 0 Å². The average molecular weight is 191 g/mol. The Hall–Kier alpha value is -1.09. The molecule has 1 aromatic heterocycles. The van der Waals surface area contributed by atoms with Crippen molar-refractivity contribution in [2.75, 3.05) is 18.0 Å². The first kappa shape index (κ1) is 9.46. The maximum atomic E-state index is 6.00. The number of pyridine rings is 1. The van der Waals surface area contributed by atoms with Crippen LogP contribution in [-0.4, -0.2) is 24.1 Å². The highest BCUT2D eigenvalue weighted by Gasteiger charge is 2.27. The van der Waals surface area contributed by atoms with Gasteiger partial charge in [0, 0.05) is 37.2 Å². The van der Waals surface area contributed by atoms with Gasteiger partial charge in [0.1, 0.15) is 0 Å². The standard InChI is InChI=1S/C11H17N3/c1-8-5-13-4-3-11(8)14-6-9(2)10(12)7-14/h3-5,9-10H,6-7,12H2,1-2H3. The number of rotatable bonds is 1. The first-order valence-corrected chi connectivity index (χ1v) is 5.09. The molecule has 2 atom stereocenters. The quantitative estimate of drug-likeness (QED) is 0.724. The summed E-state index contributed by atoms with van der Waals surface area (Å²) >= 11 is 0. The van der Waals surface area contributed by atoms with Gasteiger partial charge in [-0.3, -0.25) is 4.98 Å². The van der Waals surface area contributed by atoms with Gasteiger partial charge in [0.25, 0.3) is 0 Å². The van der Waals surface area contributed by atoms with Gasteiger partial charge in [0.05, 0.1) is 0 Å². The van der Waals surface area contributed by atoms with E-state index in [2.05, 4.69) is 29.8 Å². The van der Waals surface area contributed by atoms with E-state index in [1.807, 2.05) is 12.4 Å². The van der Waals surface area contributed by atoms with Crippen LogP contribution in [0.3, 0.4) is 0 Å². The van der Waals surface area contributed by atoms with Crippen LogP contribution in [0.1, 0.15) is 12.5 Å². The van der Waals surface area contributed by atoms with Crippen molar-refractivity contribution in [2.24, 2.45) is 11.7 Å². The second kappa shape index (κ2) is 3.58. The van der Waals surface area contributed by atoms with E-state index >= 15 is 0 Å². The molecule has 0 aromatic carbocycles. The Morgan fingerprint density at radius 3 is 2.86 bits per heavy atom. The lowest BCUT2D eigenvalue weighted by Gasteiger charge is -2.19. The van der Waals surface area contributed by atoms with Crippen LogP contribution in [0.4, 0.5) is 5.69 Å². The second-order valence-corrected chi connectivity index (χ2v) is 4.21. The van der Waals surface area contributed by atoms with E-state index in [0.717, 1.165) is 13.1 Å². The summed E-state index contributed by atoms with van der Waals surface area (Å²) in [5.74, 6) is 0.586. The molecule has 0 amide bonds. The molecule has 2 heterocycles. The van der Waals surface area contributed by atoms with Crippen LogP contribution in [0.15, 0.2) is 18.5 Å². The van der Waals surface area contributed by atoms with E-state index in [1.165, 1.54) is 11.3 Å². The predicted octanol–water partition coefficient (Wildman–Crippen LogP) is 1.17. The number of hydrogen-bond donors (Lipinski definition) is 1. The van der Waals surface area contributed by atoms with Gasteiger partial charge in [0.15, 0.2) is 0 Å². The summed E-state index contributed by atoms with van der Waals surface area (Å²) in [6.07, 6.45) is 3.75. The van der Waals surface area contributed by atoms with Crippen LogP contribution in [-0.2, 0) is 0 Å². The van der Waals surface area contributed by atoms with Crippen molar-refractivity contribution in [3.8, 4) is 0 Å². The number of nitrogens with two attached hydrogens (primary N) is 1. The largest absolute Gasteiger partial charge is 0.369 e. The van der Waals surface area contributed by atoms with Crippen molar-refractivity contribution in [2.45, 2.75) is 19.9 Å². The monoisotopic (exact) mass is 191 g/mol. The summed E-state index contributed by atoms with van der Waals surface area (Å²) in [5.41, 5.74) is 8.51. The summed E-state index contributed by atoms with van der Waals surface area (Å²) in [5, 5.41) is 0. The van der Waals surface area contributed by atoms with Gasteiger partial charge in [-0.2, -0.15) is 0 Å². The fraction of sp³-hybridized carbons (Fsp3) is 0.545. The van der Waals surface area contributed by atoms with Gasteiger partial charge in [-0.05, 0) is 24.5 Å². The molecule has 0 radical (unpaired) electrons. The van der Waals surface area contributed by atoms with Crippen molar-refractivity contribution >= 4 is 5.69 Å². The van der Waals surface area contributed by atoms with Gasteiger partial charge in [-0.1, -0.05) is 6.92 Å². The van der Waals surface area contributed by atoms with Crippen molar-refractivity contribution in [1.29, 1.82) is 0 Å². The third-order valence-corrected chi connectivity index (χ3v) is 3.00. The SMILES string of the molecule is Cc1cnccc1N1CC(C)C(N)C1. The van der Waals surface area contributed by atoms with E-state index in [4.69, 9.17) is 5.73 Å². The summed E-state index contributed by atoms with van der Waals surface area (Å²) in [6, 6.07) is 2.38. The third-order valence-electron chi connectivity index (χ3n) is 3.00. The Morgan fingerprint density at radius 2 is 2.29 bits per heavy atom. The lowest BCUT2D eigenvalue weighted by Crippen LogP contribution is -2.28. The average Bonchev–Trinajstić information content (AvgIpc) is 2.48. The van der Waals surface area contributed by atoms with Gasteiger partial charge in [-0.25, -0.2) is 0 Å². The molecule has 0 spiro atoms. The van der Waals surface area contributed by atoms with Crippen molar-refractivity contribution in [3.05, 3.63) is 24.0 Å². The van der Waals surface area contributed by atoms with E-state index in [1.54, 1.807) is 0 Å². The van der Waals surface area contributed by atoms with Gasteiger partial charge in [0.2, 0.25) is 0 Å². The number of hydrogen-bond acceptors (Lipinski definition) is 3. The van der Waals surface area contributed by atoms with Crippen molar-refractivity contribution in [3.63, 3.8) is 0 Å². The van der Waals surface area contributed by atoms with Crippen LogP contribution in [0.25, 0.3) is 0 Å². The summed E-state index contributed by atoms with van der Waals surface area (Å²) in [7, 11) is 0. The van der Waals surface area contributed by atoms with Gasteiger partial charge >= 0.3 is 0 Å². The number of nitrogens with zero attached hydrogens (tertiary/aromatic N) is 2. The van der Waals surface area contributed by atoms with E-state index in [9.17, 15) is 0 Å². The molecule has 0 bridgehead atoms. The van der Waals surface area contributed by atoms with Crippen LogP contribution in [0.2, 0.25) is 0 Å². The second-order valence-electron chi connectivity index (χ2n) is 4.21. The molecule has 2 rings (SSSR count). The molecule has 1 aliphatic heterocycles. The molecule has 1 aliphatic rings. The zero-order valence-electron chi connectivity index (χ0n) is 8.77. The minimum Gasteiger partial charge on any atom is -0.369 e. The predicted molar refractivity (Wildman–Crippen MR) is 58.3 cm³/mol. The molecule has 3 nitrogen and oxygen atoms in total. The third kappa shape index (κ3) is 1.60. The molecule has 1 aromatic rings. The topological polar surface area (TPSA) is 42.2 Å². The number of anilines is 1. The lowest BCUT2D eigenvalue weighted by atomic mass is 10.1.